The van der Waals surface area contributed by atoms with Crippen molar-refractivity contribution in [3.8, 4) is 67.5 Å². The Hall–Kier alpha value is -9.78. The number of rotatable bonds is 6. The van der Waals surface area contributed by atoms with Gasteiger partial charge in [-0.3, -0.25) is 0 Å². The molecule has 0 N–H and O–H groups in total. The largest absolute Gasteiger partial charge is 0.212 e. The molecule has 0 saturated heterocycles. The van der Waals surface area contributed by atoms with Gasteiger partial charge in [0, 0.05) is 140 Å². The van der Waals surface area contributed by atoms with E-state index in [0.29, 0.717) is 22.4 Å². The molecule has 0 spiro atoms. The second kappa shape index (κ2) is 33.9. The van der Waals surface area contributed by atoms with Crippen molar-refractivity contribution < 1.29 is 48.0 Å². The van der Waals surface area contributed by atoms with Crippen molar-refractivity contribution in [3.05, 3.63) is 318 Å². The highest BCUT2D eigenvalue weighted by atomic mass is 15.0. The summed E-state index contributed by atoms with van der Waals surface area (Å²) in [6.45, 7) is 18.9. The highest BCUT2D eigenvalue weighted by molar-refractivity contribution is 5.68. The average molecular weight is 1320 g/mol. The molecule has 0 atom stereocenters. The molecule has 6 heterocycles. The van der Waals surface area contributed by atoms with Gasteiger partial charge in [0.15, 0.2) is 36.2 Å². The summed E-state index contributed by atoms with van der Waals surface area (Å²) in [6.07, 6.45) is 8.00. The maximum Gasteiger partial charge on any atom is 0.212 e. The minimum atomic E-state index is -2.51. The van der Waals surface area contributed by atoms with E-state index in [0.717, 1.165) is 44.8 Å². The van der Waals surface area contributed by atoms with Crippen molar-refractivity contribution in [2.24, 2.45) is 42.3 Å². The van der Waals surface area contributed by atoms with Crippen LogP contribution in [0.1, 0.15) is 132 Å². The third kappa shape index (κ3) is 18.1. The fourth-order valence-electron chi connectivity index (χ4n) is 12.1. The summed E-state index contributed by atoms with van der Waals surface area (Å²) in [7, 11) is 11.8. The summed E-state index contributed by atoms with van der Waals surface area (Å²) >= 11 is 0. The molecule has 504 valence electrons. The lowest BCUT2D eigenvalue weighted by Crippen LogP contribution is -2.36. The zero-order valence-electron chi connectivity index (χ0n) is 76.8. The van der Waals surface area contributed by atoms with Crippen LogP contribution in [0.25, 0.3) is 67.5 Å². The minimum absolute atomic E-state index is 0.0751. The van der Waals surface area contributed by atoms with Crippen LogP contribution in [0.4, 0.5) is 0 Å². The topological polar surface area (TPSA) is 23.3 Å². The van der Waals surface area contributed by atoms with Crippen LogP contribution in [0.5, 0.6) is 0 Å². The number of hydrogen-bond acceptors (Lipinski definition) is 0. The Labute approximate surface area is 611 Å². The molecule has 0 saturated carbocycles. The van der Waals surface area contributed by atoms with Crippen LogP contribution in [-0.4, -0.2) is 0 Å². The van der Waals surface area contributed by atoms with E-state index < -0.39 is 34.3 Å². The van der Waals surface area contributed by atoms with Gasteiger partial charge in [-0.05, 0) is 263 Å². The summed E-state index contributed by atoms with van der Waals surface area (Å²) in [4.78, 5) is 0. The van der Waals surface area contributed by atoms with Gasteiger partial charge in [0.05, 0.1) is 0 Å². The molecule has 0 amide bonds. The van der Waals surface area contributed by atoms with Crippen molar-refractivity contribution in [3.63, 3.8) is 0 Å². The van der Waals surface area contributed by atoms with Crippen molar-refractivity contribution in [2.45, 2.75) is 138 Å². The molecule has 0 unspecified atom stereocenters. The van der Waals surface area contributed by atoms with Gasteiger partial charge >= 0.3 is 0 Å². The Morgan fingerprint density at radius 3 is 0.980 bits per heavy atom. The van der Waals surface area contributed by atoms with Crippen LogP contribution in [-0.2, 0) is 42.3 Å². The van der Waals surface area contributed by atoms with E-state index in [9.17, 15) is 0 Å². The lowest BCUT2D eigenvalue weighted by molar-refractivity contribution is -0.667. The molecular formula is C92H112N6+6. The Morgan fingerprint density at radius 2 is 0.571 bits per heavy atom. The predicted molar refractivity (Wildman–Crippen MR) is 413 cm³/mol. The van der Waals surface area contributed by atoms with E-state index in [2.05, 4.69) is 207 Å². The molecule has 0 radical (unpaired) electrons. The van der Waals surface area contributed by atoms with Gasteiger partial charge in [-0.1, -0.05) is 71.8 Å². The molecule has 6 heteroatoms. The van der Waals surface area contributed by atoms with Crippen LogP contribution in [0.2, 0.25) is 0 Å². The maximum absolute atomic E-state index is 7.81. The smallest absolute Gasteiger partial charge is 0.201 e. The monoisotopic (exact) mass is 1320 g/mol. The highest BCUT2D eigenvalue weighted by Crippen LogP contribution is 2.30. The number of nitrogens with zero attached hydrogens (tertiary/aromatic N) is 6. The van der Waals surface area contributed by atoms with Gasteiger partial charge < -0.3 is 0 Å². The van der Waals surface area contributed by atoms with Gasteiger partial charge in [-0.2, -0.15) is 9.13 Å². The minimum Gasteiger partial charge on any atom is -0.201 e. The summed E-state index contributed by atoms with van der Waals surface area (Å²) in [6, 6.07) is 60.2. The van der Waals surface area contributed by atoms with Gasteiger partial charge in [0.2, 0.25) is 34.2 Å². The first-order valence-electron chi connectivity index (χ1n) is 40.8. The van der Waals surface area contributed by atoms with E-state index in [1.807, 2.05) is 123 Å². The van der Waals surface area contributed by atoms with E-state index in [1.165, 1.54) is 100 Å². The summed E-state index contributed by atoms with van der Waals surface area (Å²) in [5.41, 5.74) is 30.3. The normalized spacial score (nSPS) is 13.5. The molecule has 6 nitrogen and oxygen atoms in total. The zero-order chi connectivity index (χ0) is 84.5. The highest BCUT2D eigenvalue weighted by Gasteiger charge is 2.21. The molecule has 6 aromatic carbocycles. The van der Waals surface area contributed by atoms with Crippen molar-refractivity contribution >= 4 is 0 Å². The average Bonchev–Trinajstić information content (AvgIpc) is 0.749. The molecule has 12 rings (SSSR count). The van der Waals surface area contributed by atoms with E-state index in [4.69, 9.17) is 20.6 Å². The van der Waals surface area contributed by atoms with Gasteiger partial charge in [0.25, 0.3) is 0 Å². The van der Waals surface area contributed by atoms with Crippen molar-refractivity contribution in [1.82, 2.24) is 0 Å². The lowest BCUT2D eigenvalue weighted by Gasteiger charge is -2.09. The van der Waals surface area contributed by atoms with Gasteiger partial charge in [0.1, 0.15) is 42.3 Å². The third-order valence-electron chi connectivity index (χ3n) is 19.1. The standard InChI is InChI=1S/2C16H20N.4C15H18N/c2*1-11-8-6-7-9-15(11)16-10-12(2)13(3)14(4)17(16)5;2*1-11-8-9-14(13(3)12(11)2)15-7-5-6-10-16(15)4;2*1-11-9-12(2)13(3)14(10-11)15-7-5-6-8-16(15)4/h2*6-10H,1-5H3;4*5-10H,1-4H3/q6*+1/i3D3,4D3;;1D3,2D3;;2D3;. The number of pyridine rings is 6. The molecule has 0 bridgehead atoms. The fraction of sp³-hybridized carbons (Fsp3) is 0.283. The van der Waals surface area contributed by atoms with Gasteiger partial charge in [-0.25, -0.2) is 18.3 Å². The first-order valence-corrected chi connectivity index (χ1v) is 33.3. The molecule has 12 aromatic rings. The second-order valence-electron chi connectivity index (χ2n) is 26.0. The van der Waals surface area contributed by atoms with E-state index >= 15 is 0 Å². The molecule has 6 aromatic heterocycles. The summed E-state index contributed by atoms with van der Waals surface area (Å²) < 4.78 is 127. The quantitative estimate of drug-likeness (QED) is 0.148. The molecule has 0 aliphatic rings. The lowest BCUT2D eigenvalue weighted by atomic mass is 9.96. The number of benzene rings is 6. The van der Waals surface area contributed by atoms with E-state index in [-0.39, 0.29) is 22.4 Å². The molecule has 0 fully saturated rings. The SMILES string of the molecule is Cc1cc(C)c(C)c(-c2cccc[n+]2C)c1.Cc1ccc(-c2cccc[n+]2C)c(C)c1C.Cc1ccccc1-c1cc(C)c(C)c(C)[n+]1C.[2H]C([2H])([2H])c1c(C)cc(-c2ccccc2C)[n+](C)c1C([2H])([2H])[2H].[2H]C([2H])([2H])c1cc(C)cc(-c2cccc[n+]2C)c1C.[2H]C([2H])([2H])c1ccc(-c2cccc[n+]2C)c(C)c1C([2H])([2H])[2H]. The van der Waals surface area contributed by atoms with Crippen molar-refractivity contribution in [1.29, 1.82) is 0 Å². The zero-order valence-corrected chi connectivity index (χ0v) is 61.8. The number of aromatic nitrogens is 6. The summed E-state index contributed by atoms with van der Waals surface area (Å²) in [5.74, 6) is 0. The van der Waals surface area contributed by atoms with E-state index in [1.54, 1.807) is 39.1 Å². The predicted octanol–water partition coefficient (Wildman–Crippen LogP) is 19.2. The first kappa shape index (κ1) is 56.3. The van der Waals surface area contributed by atoms with Crippen LogP contribution in [0, 0.1) is 138 Å². The van der Waals surface area contributed by atoms with Crippen LogP contribution >= 0.6 is 0 Å². The second-order valence-corrected chi connectivity index (χ2v) is 26.0. The Bertz CT molecular complexity index is 5410. The maximum atomic E-state index is 7.81. The number of hydrogen-bond donors (Lipinski definition) is 0. The van der Waals surface area contributed by atoms with Crippen LogP contribution < -0.4 is 27.4 Å². The van der Waals surface area contributed by atoms with Crippen LogP contribution in [0.3, 0.4) is 0 Å². The molecule has 0 aliphatic carbocycles. The van der Waals surface area contributed by atoms with Gasteiger partial charge in [-0.15, -0.1) is 0 Å². The Morgan fingerprint density at radius 1 is 0.214 bits per heavy atom. The van der Waals surface area contributed by atoms with Crippen molar-refractivity contribution in [2.75, 3.05) is 0 Å². The fourth-order valence-corrected chi connectivity index (χ4v) is 12.1. The summed E-state index contributed by atoms with van der Waals surface area (Å²) in [5, 5.41) is 0. The van der Waals surface area contributed by atoms with Crippen LogP contribution in [0.15, 0.2) is 207 Å². The Kier molecular flexibility index (Phi) is 19.5. The molecule has 0 aliphatic heterocycles. The molecular weight excluding hydrogens is 1190 g/mol. The molecule has 98 heavy (non-hydrogen) atoms. The Balaban J connectivity index is 0.000000189. The third-order valence-corrected chi connectivity index (χ3v) is 19.1. The first-order chi connectivity index (χ1) is 52.5. The number of aryl methyl sites for hydroxylation is 14.